The second-order valence-corrected chi connectivity index (χ2v) is 6.52. The van der Waals surface area contributed by atoms with Crippen molar-refractivity contribution in [2.75, 3.05) is 13.2 Å². The Bertz CT molecular complexity index is 657. The van der Waals surface area contributed by atoms with E-state index in [9.17, 15) is 14.7 Å². The summed E-state index contributed by atoms with van der Waals surface area (Å²) in [4.78, 5) is 24.7. The number of rotatable bonds is 7. The average Bonchev–Trinajstić information content (AvgIpc) is 2.78. The van der Waals surface area contributed by atoms with Crippen molar-refractivity contribution in [2.45, 2.75) is 19.8 Å². The lowest BCUT2D eigenvalue weighted by molar-refractivity contribution is -0.305. The summed E-state index contributed by atoms with van der Waals surface area (Å²) in [5.41, 5.74) is 0.793. The minimum absolute atomic E-state index is 0.0261. The van der Waals surface area contributed by atoms with E-state index in [0.717, 1.165) is 23.7 Å². The maximum absolute atomic E-state index is 12.4. The molecule has 0 N–H and O–H groups in total. The Kier molecular flexibility index (Phi) is 6.18. The van der Waals surface area contributed by atoms with Gasteiger partial charge in [-0.3, -0.25) is 9.69 Å². The molecule has 0 spiro atoms. The van der Waals surface area contributed by atoms with E-state index < -0.39 is 5.97 Å². The van der Waals surface area contributed by atoms with Gasteiger partial charge in [0, 0.05) is 24.5 Å². The monoisotopic (exact) mass is 350 g/mol. The molecule has 122 valence electrons. The Labute approximate surface area is 144 Å². The molecule has 1 fully saturated rings. The van der Waals surface area contributed by atoms with Crippen LogP contribution in [0.5, 0.6) is 5.75 Å². The Morgan fingerprint density at radius 3 is 2.87 bits per heavy atom. The molecule has 1 aromatic rings. The molecule has 23 heavy (non-hydrogen) atoms. The number of para-hydroxylation sites is 1. The number of ether oxygens (including phenoxy) is 1. The summed E-state index contributed by atoms with van der Waals surface area (Å²) in [6.45, 7) is 2.64. The van der Waals surface area contributed by atoms with E-state index in [1.807, 2.05) is 31.2 Å². The molecule has 1 amide bonds. The van der Waals surface area contributed by atoms with E-state index in [-0.39, 0.29) is 18.9 Å². The van der Waals surface area contributed by atoms with Crippen LogP contribution in [0.2, 0.25) is 0 Å². The van der Waals surface area contributed by atoms with Crippen LogP contribution in [0.1, 0.15) is 25.3 Å². The van der Waals surface area contributed by atoms with Crippen LogP contribution in [-0.4, -0.2) is 34.2 Å². The van der Waals surface area contributed by atoms with Crippen molar-refractivity contribution in [3.05, 3.63) is 34.7 Å². The number of thioether (sulfide) groups is 1. The molecule has 0 aromatic heterocycles. The number of aliphatic carboxylic acids is 1. The van der Waals surface area contributed by atoms with Crippen LogP contribution in [0.4, 0.5) is 0 Å². The van der Waals surface area contributed by atoms with Gasteiger partial charge < -0.3 is 14.6 Å². The van der Waals surface area contributed by atoms with E-state index in [1.54, 1.807) is 6.08 Å². The first-order valence-corrected chi connectivity index (χ1v) is 8.42. The number of carbonyl (C=O) groups is 2. The van der Waals surface area contributed by atoms with Gasteiger partial charge >= 0.3 is 0 Å². The van der Waals surface area contributed by atoms with Gasteiger partial charge in [0.1, 0.15) is 10.1 Å². The van der Waals surface area contributed by atoms with Crippen LogP contribution in [0.3, 0.4) is 0 Å². The number of nitrogens with zero attached hydrogens (tertiary/aromatic N) is 1. The highest BCUT2D eigenvalue weighted by Crippen LogP contribution is 2.34. The number of benzene rings is 1. The molecule has 1 heterocycles. The van der Waals surface area contributed by atoms with E-state index in [4.69, 9.17) is 17.0 Å². The first kappa shape index (κ1) is 17.5. The van der Waals surface area contributed by atoms with E-state index in [2.05, 4.69) is 0 Å². The molecule has 0 aliphatic carbocycles. The molecule has 0 radical (unpaired) electrons. The van der Waals surface area contributed by atoms with Crippen molar-refractivity contribution in [2.24, 2.45) is 0 Å². The fourth-order valence-electron chi connectivity index (χ4n) is 1.98. The van der Waals surface area contributed by atoms with Gasteiger partial charge in [0.05, 0.1) is 11.5 Å². The zero-order chi connectivity index (χ0) is 16.8. The second-order valence-electron chi connectivity index (χ2n) is 4.84. The predicted molar refractivity (Wildman–Crippen MR) is 91.7 cm³/mol. The van der Waals surface area contributed by atoms with E-state index in [1.165, 1.54) is 4.90 Å². The third-order valence-corrected chi connectivity index (χ3v) is 4.46. The number of thiocarbonyl (C=S) groups is 1. The van der Waals surface area contributed by atoms with Gasteiger partial charge in [-0.25, -0.2) is 0 Å². The molecule has 1 aliphatic rings. The zero-order valence-corrected chi connectivity index (χ0v) is 14.2. The van der Waals surface area contributed by atoms with Crippen LogP contribution in [-0.2, 0) is 9.59 Å². The standard InChI is InChI=1S/C16H17NO4S2/c1-2-9-21-12-6-4-3-5-11(12)10-13-15(20)17(16(22)23-13)8-7-14(18)19/h3-6,10H,2,7-9H2,1H3,(H,18,19)/p-1/b13-10+. The zero-order valence-electron chi connectivity index (χ0n) is 12.6. The van der Waals surface area contributed by atoms with Crippen molar-refractivity contribution < 1.29 is 19.4 Å². The minimum atomic E-state index is -1.21. The number of hydrogen-bond donors (Lipinski definition) is 0. The lowest BCUT2D eigenvalue weighted by Gasteiger charge is -2.14. The molecule has 5 nitrogen and oxygen atoms in total. The highest BCUT2D eigenvalue weighted by atomic mass is 32.2. The van der Waals surface area contributed by atoms with Gasteiger partial charge in [-0.1, -0.05) is 49.1 Å². The van der Waals surface area contributed by atoms with Crippen molar-refractivity contribution >= 4 is 46.3 Å². The Balaban J connectivity index is 2.19. The molecule has 0 atom stereocenters. The summed E-state index contributed by atoms with van der Waals surface area (Å²) in [6.07, 6.45) is 2.37. The van der Waals surface area contributed by atoms with Gasteiger partial charge in [0.25, 0.3) is 5.91 Å². The summed E-state index contributed by atoms with van der Waals surface area (Å²) in [7, 11) is 0. The summed E-state index contributed by atoms with van der Waals surface area (Å²) < 4.78 is 6.02. The summed E-state index contributed by atoms with van der Waals surface area (Å²) in [5.74, 6) is -0.790. The molecule has 7 heteroatoms. The van der Waals surface area contributed by atoms with Crippen molar-refractivity contribution in [3.63, 3.8) is 0 Å². The maximum Gasteiger partial charge on any atom is 0.266 e. The molecule has 1 saturated heterocycles. The molecular weight excluding hydrogens is 334 g/mol. The maximum atomic E-state index is 12.4. The third kappa shape index (κ3) is 4.56. The molecular formula is C16H16NO4S2-. The first-order valence-electron chi connectivity index (χ1n) is 7.20. The molecule has 2 rings (SSSR count). The Hall–Kier alpha value is -1.86. The predicted octanol–water partition coefficient (Wildman–Crippen LogP) is 1.82. The highest BCUT2D eigenvalue weighted by Gasteiger charge is 2.31. The Morgan fingerprint density at radius 2 is 2.17 bits per heavy atom. The fraction of sp³-hybridized carbons (Fsp3) is 0.312. The third-order valence-electron chi connectivity index (χ3n) is 3.08. The molecule has 0 unspecified atom stereocenters. The number of carboxylic acids is 1. The molecule has 1 aliphatic heterocycles. The summed E-state index contributed by atoms with van der Waals surface area (Å²) in [5, 5.41) is 10.6. The van der Waals surface area contributed by atoms with Crippen LogP contribution < -0.4 is 9.84 Å². The highest BCUT2D eigenvalue weighted by molar-refractivity contribution is 8.26. The van der Waals surface area contributed by atoms with E-state index in [0.29, 0.717) is 21.6 Å². The van der Waals surface area contributed by atoms with Crippen LogP contribution in [0, 0.1) is 0 Å². The van der Waals surface area contributed by atoms with Gasteiger partial charge in [-0.2, -0.15) is 0 Å². The smallest absolute Gasteiger partial charge is 0.266 e. The van der Waals surface area contributed by atoms with Crippen LogP contribution in [0.25, 0.3) is 6.08 Å². The van der Waals surface area contributed by atoms with Crippen LogP contribution in [0.15, 0.2) is 29.2 Å². The first-order chi connectivity index (χ1) is 11.0. The van der Waals surface area contributed by atoms with Gasteiger partial charge in [0.2, 0.25) is 0 Å². The lowest BCUT2D eigenvalue weighted by atomic mass is 10.2. The summed E-state index contributed by atoms with van der Waals surface area (Å²) in [6, 6.07) is 7.44. The quantitative estimate of drug-likeness (QED) is 0.552. The summed E-state index contributed by atoms with van der Waals surface area (Å²) >= 11 is 6.31. The lowest BCUT2D eigenvalue weighted by Crippen LogP contribution is -2.33. The van der Waals surface area contributed by atoms with Gasteiger partial charge in [0.15, 0.2) is 0 Å². The molecule has 1 aromatic carbocycles. The molecule has 0 bridgehead atoms. The second kappa shape index (κ2) is 8.12. The topological polar surface area (TPSA) is 69.7 Å². The normalized spacial score (nSPS) is 16.2. The number of carbonyl (C=O) groups excluding carboxylic acids is 2. The van der Waals surface area contributed by atoms with E-state index >= 15 is 0 Å². The number of amides is 1. The Morgan fingerprint density at radius 1 is 1.43 bits per heavy atom. The largest absolute Gasteiger partial charge is 0.550 e. The van der Waals surface area contributed by atoms with Crippen molar-refractivity contribution in [1.29, 1.82) is 0 Å². The molecule has 0 saturated carbocycles. The van der Waals surface area contributed by atoms with Gasteiger partial charge in [-0.05, 0) is 18.6 Å². The fourth-order valence-corrected chi connectivity index (χ4v) is 3.28. The average molecular weight is 350 g/mol. The van der Waals surface area contributed by atoms with Gasteiger partial charge in [-0.15, -0.1) is 0 Å². The number of hydrogen-bond acceptors (Lipinski definition) is 6. The number of carboxylic acid groups (broad SMARTS) is 1. The SMILES string of the molecule is CCCOc1ccccc1/C=C1/SC(=S)N(CCC(=O)[O-])C1=O. The minimum Gasteiger partial charge on any atom is -0.550 e. The van der Waals surface area contributed by atoms with Crippen molar-refractivity contribution in [3.8, 4) is 5.75 Å². The van der Waals surface area contributed by atoms with Crippen molar-refractivity contribution in [1.82, 2.24) is 4.90 Å². The van der Waals surface area contributed by atoms with Crippen LogP contribution >= 0.6 is 24.0 Å².